The van der Waals surface area contributed by atoms with Gasteiger partial charge in [0.15, 0.2) is 5.78 Å². The van der Waals surface area contributed by atoms with Crippen LogP contribution in [0.5, 0.6) is 0 Å². The van der Waals surface area contributed by atoms with E-state index >= 15 is 0 Å². The Morgan fingerprint density at radius 1 is 0.968 bits per heavy atom. The largest absolute Gasteiger partial charge is 0.312 e. The summed E-state index contributed by atoms with van der Waals surface area (Å²) >= 11 is 6.10. The molecule has 3 heterocycles. The van der Waals surface area contributed by atoms with E-state index in [9.17, 15) is 9.59 Å². The number of rotatable bonds is 6. The van der Waals surface area contributed by atoms with Crippen LogP contribution in [0.2, 0.25) is 5.02 Å². The van der Waals surface area contributed by atoms with Crippen LogP contribution in [0.3, 0.4) is 0 Å². The van der Waals surface area contributed by atoms with Crippen molar-refractivity contribution in [3.63, 3.8) is 0 Å². The Kier molecular flexibility index (Phi) is 5.83. The van der Waals surface area contributed by atoms with Crippen LogP contribution in [-0.4, -0.2) is 60.8 Å². The molecule has 0 aromatic heterocycles. The van der Waals surface area contributed by atoms with Crippen LogP contribution in [0.15, 0.2) is 36.4 Å². The molecule has 3 aliphatic heterocycles. The zero-order valence-corrected chi connectivity index (χ0v) is 18.5. The Morgan fingerprint density at radius 2 is 1.74 bits per heavy atom. The molecule has 0 unspecified atom stereocenters. The van der Waals surface area contributed by atoms with E-state index in [1.54, 1.807) is 0 Å². The number of carbonyl (C=O) groups excluding carboxylic acids is 2. The topological polar surface area (TPSA) is 43.9 Å². The highest BCUT2D eigenvalue weighted by Gasteiger charge is 2.33. The van der Waals surface area contributed by atoms with E-state index in [1.165, 1.54) is 11.1 Å². The van der Waals surface area contributed by atoms with E-state index in [0.29, 0.717) is 12.8 Å². The number of nitrogens with zero attached hydrogens (tertiary/aromatic N) is 3. The Bertz CT molecular complexity index is 1010. The van der Waals surface area contributed by atoms with E-state index < -0.39 is 0 Å². The van der Waals surface area contributed by atoms with Gasteiger partial charge in [0.2, 0.25) is 5.91 Å². The highest BCUT2D eigenvalue weighted by atomic mass is 35.5. The first kappa shape index (κ1) is 20.7. The molecule has 1 saturated heterocycles. The molecular weight excluding hydrogens is 410 g/mol. The fourth-order valence-corrected chi connectivity index (χ4v) is 5.32. The molecule has 162 valence electrons. The lowest BCUT2D eigenvalue weighted by Crippen LogP contribution is -2.46. The summed E-state index contributed by atoms with van der Waals surface area (Å²) < 4.78 is 0. The van der Waals surface area contributed by atoms with Crippen molar-refractivity contribution in [2.24, 2.45) is 0 Å². The predicted octanol–water partition coefficient (Wildman–Crippen LogP) is 3.57. The smallest absolute Gasteiger partial charge is 0.231 e. The Hall–Kier alpha value is -2.21. The van der Waals surface area contributed by atoms with Gasteiger partial charge < -0.3 is 9.80 Å². The van der Waals surface area contributed by atoms with Crippen LogP contribution >= 0.6 is 11.6 Å². The fraction of sp³-hybridized carbons (Fsp3) is 0.440. The summed E-state index contributed by atoms with van der Waals surface area (Å²) in [4.78, 5) is 31.9. The zero-order valence-electron chi connectivity index (χ0n) is 17.8. The molecule has 5 nitrogen and oxygen atoms in total. The second-order valence-electron chi connectivity index (χ2n) is 8.89. The molecule has 5 rings (SSSR count). The third kappa shape index (κ3) is 4.40. The van der Waals surface area contributed by atoms with Crippen molar-refractivity contribution in [2.45, 2.75) is 32.2 Å². The molecule has 0 spiro atoms. The average Bonchev–Trinajstić information content (AvgIpc) is 3.10. The molecule has 6 heteroatoms. The Balaban J connectivity index is 1.14. The normalized spacial score (nSPS) is 19.0. The third-order valence-electron chi connectivity index (χ3n) is 6.75. The number of hydrogen-bond donors (Lipinski definition) is 0. The lowest BCUT2D eigenvalue weighted by Gasteiger charge is -2.34. The van der Waals surface area contributed by atoms with Crippen LogP contribution in [0.25, 0.3) is 0 Å². The van der Waals surface area contributed by atoms with Crippen LogP contribution < -0.4 is 4.90 Å². The maximum absolute atomic E-state index is 12.9. The summed E-state index contributed by atoms with van der Waals surface area (Å²) in [6.07, 6.45) is 2.92. The number of hydrogen-bond acceptors (Lipinski definition) is 4. The number of halogens is 1. The molecular formula is C25H28ClN3O2. The Morgan fingerprint density at radius 3 is 2.55 bits per heavy atom. The van der Waals surface area contributed by atoms with E-state index in [4.69, 9.17) is 11.6 Å². The summed E-state index contributed by atoms with van der Waals surface area (Å²) in [5.41, 5.74) is 5.33. The quantitative estimate of drug-likeness (QED) is 0.648. The average molecular weight is 438 g/mol. The first-order valence-electron chi connectivity index (χ1n) is 11.3. The van der Waals surface area contributed by atoms with E-state index in [-0.39, 0.29) is 11.7 Å². The van der Waals surface area contributed by atoms with E-state index in [1.807, 2.05) is 35.2 Å². The minimum absolute atomic E-state index is 0.177. The number of benzene rings is 2. The summed E-state index contributed by atoms with van der Waals surface area (Å²) in [7, 11) is 0. The minimum Gasteiger partial charge on any atom is -0.312 e. The van der Waals surface area contributed by atoms with Gasteiger partial charge in [-0.15, -0.1) is 0 Å². The van der Waals surface area contributed by atoms with Crippen LogP contribution in [-0.2, 0) is 24.2 Å². The second-order valence-corrected chi connectivity index (χ2v) is 9.33. The van der Waals surface area contributed by atoms with Gasteiger partial charge in [-0.3, -0.25) is 14.5 Å². The summed E-state index contributed by atoms with van der Waals surface area (Å²) in [6, 6.07) is 12.1. The first-order valence-corrected chi connectivity index (χ1v) is 11.6. The molecule has 0 bridgehead atoms. The van der Waals surface area contributed by atoms with Crippen molar-refractivity contribution in [1.82, 2.24) is 9.80 Å². The highest BCUT2D eigenvalue weighted by Crippen LogP contribution is 2.37. The highest BCUT2D eigenvalue weighted by molar-refractivity contribution is 6.30. The fourth-order valence-electron chi connectivity index (χ4n) is 5.11. The standard InChI is InChI=1S/C25H28ClN3O2/c26-22-5-1-3-18(13-22)17-28-11-9-27(10-12-28)8-6-23(30)20-14-19-4-2-7-29-24(31)16-21(15-20)25(19)29/h1,3,5,13-15H,2,4,6-12,16-17H2. The molecule has 2 aromatic carbocycles. The van der Waals surface area contributed by atoms with Gasteiger partial charge in [-0.1, -0.05) is 23.7 Å². The van der Waals surface area contributed by atoms with E-state index in [0.717, 1.165) is 80.5 Å². The van der Waals surface area contributed by atoms with E-state index in [2.05, 4.69) is 15.9 Å². The van der Waals surface area contributed by atoms with Crippen molar-refractivity contribution >= 4 is 29.0 Å². The summed E-state index contributed by atoms with van der Waals surface area (Å²) in [5.74, 6) is 0.369. The van der Waals surface area contributed by atoms with Crippen LogP contribution in [0.1, 0.15) is 39.9 Å². The molecule has 0 atom stereocenters. The minimum atomic E-state index is 0.177. The number of piperazine rings is 1. The van der Waals surface area contributed by atoms with Gasteiger partial charge in [-0.05, 0) is 53.8 Å². The van der Waals surface area contributed by atoms with Gasteiger partial charge in [0, 0.05) is 62.8 Å². The molecule has 0 N–H and O–H groups in total. The lowest BCUT2D eigenvalue weighted by atomic mass is 9.94. The van der Waals surface area contributed by atoms with Gasteiger partial charge in [0.25, 0.3) is 0 Å². The monoisotopic (exact) mass is 437 g/mol. The maximum Gasteiger partial charge on any atom is 0.231 e. The Labute approximate surface area is 188 Å². The van der Waals surface area contributed by atoms with Crippen LogP contribution in [0, 0.1) is 0 Å². The number of ketones is 1. The summed E-state index contributed by atoms with van der Waals surface area (Å²) in [6.45, 7) is 6.49. The molecule has 3 aliphatic rings. The number of carbonyl (C=O) groups is 2. The number of anilines is 1. The molecule has 1 fully saturated rings. The third-order valence-corrected chi connectivity index (χ3v) is 6.98. The van der Waals surface area contributed by atoms with Crippen molar-refractivity contribution < 1.29 is 9.59 Å². The van der Waals surface area contributed by atoms with Gasteiger partial charge in [-0.2, -0.15) is 0 Å². The van der Waals surface area contributed by atoms with Gasteiger partial charge in [0.1, 0.15) is 0 Å². The number of Topliss-reactive ketones (excluding diaryl/α,β-unsaturated/α-hetero) is 1. The molecule has 0 aliphatic carbocycles. The zero-order chi connectivity index (χ0) is 21.4. The van der Waals surface area contributed by atoms with Crippen LogP contribution in [0.4, 0.5) is 5.69 Å². The maximum atomic E-state index is 12.9. The van der Waals surface area contributed by atoms with Gasteiger partial charge in [0.05, 0.1) is 12.1 Å². The molecule has 0 saturated carbocycles. The molecule has 31 heavy (non-hydrogen) atoms. The van der Waals surface area contributed by atoms with Crippen molar-refractivity contribution in [3.8, 4) is 0 Å². The predicted molar refractivity (Wildman–Crippen MR) is 123 cm³/mol. The summed E-state index contributed by atoms with van der Waals surface area (Å²) in [5, 5.41) is 0.785. The molecule has 1 amide bonds. The SMILES string of the molecule is O=C(CCN1CCN(Cc2cccc(Cl)c2)CC1)c1cc2c3c(c1)CC(=O)N3CCC2. The number of aryl methyl sites for hydroxylation is 1. The second kappa shape index (κ2) is 8.73. The van der Waals surface area contributed by atoms with Crippen molar-refractivity contribution in [3.05, 3.63) is 63.7 Å². The lowest BCUT2D eigenvalue weighted by molar-refractivity contribution is -0.117. The molecule has 0 radical (unpaired) electrons. The molecule has 2 aromatic rings. The van der Waals surface area contributed by atoms with Gasteiger partial charge >= 0.3 is 0 Å². The first-order chi connectivity index (χ1) is 15.1. The number of amides is 1. The van der Waals surface area contributed by atoms with Crippen molar-refractivity contribution in [2.75, 3.05) is 44.2 Å². The van der Waals surface area contributed by atoms with Crippen molar-refractivity contribution in [1.29, 1.82) is 0 Å². The van der Waals surface area contributed by atoms with Gasteiger partial charge in [-0.25, -0.2) is 0 Å².